The minimum Gasteiger partial charge on any atom is -0.411 e. The first-order chi connectivity index (χ1) is 4.31. The Hall–Kier alpha value is -0.650. The topological polar surface area (TPSA) is 93.3 Å². The van der Waals surface area contributed by atoms with Gasteiger partial charge in [-0.2, -0.15) is 0 Å². The minimum absolute atomic E-state index is 0.826. The van der Waals surface area contributed by atoms with E-state index in [1.165, 1.54) is 13.8 Å². The average Bonchev–Trinajstić information content (AvgIpc) is 1.61. The van der Waals surface area contributed by atoms with Crippen LogP contribution in [-0.4, -0.2) is 32.7 Å². The van der Waals surface area contributed by atoms with Crippen molar-refractivity contribution in [3.63, 3.8) is 0 Å². The Morgan fingerprint density at radius 1 is 1.20 bits per heavy atom. The van der Waals surface area contributed by atoms with E-state index < -0.39 is 11.4 Å². The smallest absolute Gasteiger partial charge is 0.286 e. The standard InChI is InChI=1S/C5H11NO4/c1-4(2,3-6-10)5(7,8)9/h3,7-10H,1-2H3. The molecule has 0 aromatic rings. The molecule has 0 fully saturated rings. The fraction of sp³-hybridized carbons (Fsp3) is 0.800. The van der Waals surface area contributed by atoms with Crippen LogP contribution < -0.4 is 0 Å². The molecule has 0 aromatic carbocycles. The van der Waals surface area contributed by atoms with Gasteiger partial charge >= 0.3 is 0 Å². The zero-order valence-electron chi connectivity index (χ0n) is 5.81. The monoisotopic (exact) mass is 149 g/mol. The maximum Gasteiger partial charge on any atom is 0.286 e. The van der Waals surface area contributed by atoms with Crippen LogP contribution in [0.5, 0.6) is 0 Å². The summed E-state index contributed by atoms with van der Waals surface area (Å²) < 4.78 is 0. The Labute approximate surface area is 58.2 Å². The van der Waals surface area contributed by atoms with Gasteiger partial charge in [0.25, 0.3) is 5.97 Å². The third kappa shape index (κ3) is 1.94. The molecule has 60 valence electrons. The zero-order chi connectivity index (χ0) is 8.41. The fourth-order valence-electron chi connectivity index (χ4n) is 0.231. The molecular formula is C5H11NO4. The van der Waals surface area contributed by atoms with Gasteiger partial charge in [0.1, 0.15) is 0 Å². The first kappa shape index (κ1) is 9.35. The van der Waals surface area contributed by atoms with Crippen molar-refractivity contribution in [3.8, 4) is 0 Å². The number of aliphatic hydroxyl groups is 3. The molecule has 0 radical (unpaired) electrons. The number of hydrogen-bond acceptors (Lipinski definition) is 5. The van der Waals surface area contributed by atoms with Crippen LogP contribution in [0, 0.1) is 5.41 Å². The van der Waals surface area contributed by atoms with Gasteiger partial charge in [0, 0.05) is 0 Å². The van der Waals surface area contributed by atoms with Crippen molar-refractivity contribution in [2.45, 2.75) is 19.8 Å². The molecule has 5 heteroatoms. The molecule has 0 aliphatic carbocycles. The van der Waals surface area contributed by atoms with E-state index in [2.05, 4.69) is 5.16 Å². The molecule has 5 nitrogen and oxygen atoms in total. The van der Waals surface area contributed by atoms with E-state index in [1.807, 2.05) is 0 Å². The summed E-state index contributed by atoms with van der Waals surface area (Å²) in [5, 5.41) is 36.3. The normalized spacial score (nSPS) is 14.5. The summed E-state index contributed by atoms with van der Waals surface area (Å²) >= 11 is 0. The van der Waals surface area contributed by atoms with Crippen LogP contribution >= 0.6 is 0 Å². The summed E-state index contributed by atoms with van der Waals surface area (Å²) in [6.07, 6.45) is 0.826. The number of rotatable bonds is 2. The molecule has 0 bridgehead atoms. The van der Waals surface area contributed by atoms with Gasteiger partial charge < -0.3 is 20.5 Å². The summed E-state index contributed by atoms with van der Waals surface area (Å²) in [5.74, 6) is -2.86. The second-order valence-electron chi connectivity index (χ2n) is 2.60. The first-order valence-corrected chi connectivity index (χ1v) is 2.67. The van der Waals surface area contributed by atoms with Crippen molar-refractivity contribution < 1.29 is 20.5 Å². The van der Waals surface area contributed by atoms with E-state index in [0.29, 0.717) is 0 Å². The summed E-state index contributed by atoms with van der Waals surface area (Å²) in [6.45, 7) is 2.60. The predicted molar refractivity (Wildman–Crippen MR) is 33.4 cm³/mol. The van der Waals surface area contributed by atoms with Crippen molar-refractivity contribution in [2.24, 2.45) is 10.6 Å². The van der Waals surface area contributed by atoms with Crippen LogP contribution in [0.4, 0.5) is 0 Å². The molecule has 10 heavy (non-hydrogen) atoms. The third-order valence-corrected chi connectivity index (χ3v) is 1.24. The lowest BCUT2D eigenvalue weighted by Crippen LogP contribution is -2.45. The van der Waals surface area contributed by atoms with Crippen LogP contribution in [0.1, 0.15) is 13.8 Å². The molecule has 0 spiro atoms. The lowest BCUT2D eigenvalue weighted by atomic mass is 9.92. The van der Waals surface area contributed by atoms with Crippen LogP contribution in [0.2, 0.25) is 0 Å². The molecule has 0 aliphatic heterocycles. The molecule has 0 aliphatic rings. The minimum atomic E-state index is -2.86. The molecule has 0 saturated carbocycles. The molecule has 0 heterocycles. The second kappa shape index (κ2) is 2.53. The van der Waals surface area contributed by atoms with Crippen LogP contribution in [0.15, 0.2) is 5.16 Å². The van der Waals surface area contributed by atoms with Crippen molar-refractivity contribution in [2.75, 3.05) is 0 Å². The average molecular weight is 149 g/mol. The first-order valence-electron chi connectivity index (χ1n) is 2.67. The van der Waals surface area contributed by atoms with Crippen molar-refractivity contribution in [1.29, 1.82) is 0 Å². The van der Waals surface area contributed by atoms with Crippen molar-refractivity contribution in [1.82, 2.24) is 0 Å². The van der Waals surface area contributed by atoms with E-state index in [9.17, 15) is 0 Å². The predicted octanol–water partition coefficient (Wildman–Crippen LogP) is -0.897. The van der Waals surface area contributed by atoms with Crippen LogP contribution in [0.3, 0.4) is 0 Å². The van der Waals surface area contributed by atoms with E-state index in [4.69, 9.17) is 20.5 Å². The van der Waals surface area contributed by atoms with Crippen molar-refractivity contribution >= 4 is 6.21 Å². The molecule has 0 aromatic heterocycles. The molecule has 0 atom stereocenters. The second-order valence-corrected chi connectivity index (χ2v) is 2.60. The summed E-state index contributed by atoms with van der Waals surface area (Å²) in [6, 6.07) is 0. The molecule has 0 amide bonds. The van der Waals surface area contributed by atoms with E-state index in [0.717, 1.165) is 6.21 Å². The number of nitrogens with zero attached hydrogens (tertiary/aromatic N) is 1. The van der Waals surface area contributed by atoms with Gasteiger partial charge in [0.05, 0.1) is 11.6 Å². The number of oxime groups is 1. The van der Waals surface area contributed by atoms with Crippen LogP contribution in [0.25, 0.3) is 0 Å². The molecule has 0 unspecified atom stereocenters. The largest absolute Gasteiger partial charge is 0.411 e. The van der Waals surface area contributed by atoms with Crippen molar-refractivity contribution in [3.05, 3.63) is 0 Å². The molecule has 0 saturated heterocycles. The van der Waals surface area contributed by atoms with Gasteiger partial charge in [0.15, 0.2) is 0 Å². The quantitative estimate of drug-likeness (QED) is 0.177. The molecule has 4 N–H and O–H groups in total. The van der Waals surface area contributed by atoms with E-state index >= 15 is 0 Å². The summed E-state index contributed by atoms with van der Waals surface area (Å²) in [5.41, 5.74) is -1.39. The van der Waals surface area contributed by atoms with Gasteiger partial charge in [-0.05, 0) is 13.8 Å². The fourth-order valence-corrected chi connectivity index (χ4v) is 0.231. The van der Waals surface area contributed by atoms with Gasteiger partial charge in [-0.1, -0.05) is 0 Å². The van der Waals surface area contributed by atoms with Gasteiger partial charge in [-0.25, -0.2) is 0 Å². The van der Waals surface area contributed by atoms with Gasteiger partial charge in [0.2, 0.25) is 0 Å². The highest BCUT2D eigenvalue weighted by atomic mass is 16.7. The van der Waals surface area contributed by atoms with Crippen LogP contribution in [-0.2, 0) is 0 Å². The lowest BCUT2D eigenvalue weighted by molar-refractivity contribution is -0.350. The Morgan fingerprint density at radius 3 is 1.70 bits per heavy atom. The Morgan fingerprint density at radius 2 is 1.60 bits per heavy atom. The highest BCUT2D eigenvalue weighted by Crippen LogP contribution is 2.23. The van der Waals surface area contributed by atoms with E-state index in [1.54, 1.807) is 0 Å². The van der Waals surface area contributed by atoms with Gasteiger partial charge in [-0.15, -0.1) is 5.16 Å². The molecular weight excluding hydrogens is 138 g/mol. The maximum absolute atomic E-state index is 8.59. The van der Waals surface area contributed by atoms with Gasteiger partial charge in [-0.3, -0.25) is 0 Å². The third-order valence-electron chi connectivity index (χ3n) is 1.24. The Kier molecular flexibility index (Phi) is 2.37. The summed E-state index contributed by atoms with van der Waals surface area (Å²) in [7, 11) is 0. The van der Waals surface area contributed by atoms with E-state index in [-0.39, 0.29) is 0 Å². The number of hydrogen-bond donors (Lipinski definition) is 4. The Balaban J connectivity index is 4.40. The Bertz CT molecular complexity index is 135. The SMILES string of the molecule is CC(C)(C=NO)C(O)(O)O. The maximum atomic E-state index is 8.59. The zero-order valence-corrected chi connectivity index (χ0v) is 5.81. The highest BCUT2D eigenvalue weighted by Gasteiger charge is 2.39. The summed E-state index contributed by atoms with van der Waals surface area (Å²) in [4.78, 5) is 0. The molecule has 0 rings (SSSR count). The lowest BCUT2D eigenvalue weighted by Gasteiger charge is -2.28. The highest BCUT2D eigenvalue weighted by molar-refractivity contribution is 5.64.